The zero-order valence-electron chi connectivity index (χ0n) is 14.3. The summed E-state index contributed by atoms with van der Waals surface area (Å²) in [5.74, 6) is 0.294. The van der Waals surface area contributed by atoms with E-state index in [-0.39, 0.29) is 18.3 Å². The van der Waals surface area contributed by atoms with Crippen molar-refractivity contribution in [3.05, 3.63) is 53.9 Å². The van der Waals surface area contributed by atoms with Crippen LogP contribution in [0.15, 0.2) is 47.7 Å². The van der Waals surface area contributed by atoms with E-state index >= 15 is 0 Å². The van der Waals surface area contributed by atoms with Gasteiger partial charge < -0.3 is 9.88 Å². The van der Waals surface area contributed by atoms with E-state index in [0.29, 0.717) is 28.3 Å². The van der Waals surface area contributed by atoms with Crippen LogP contribution >= 0.6 is 0 Å². The van der Waals surface area contributed by atoms with Gasteiger partial charge in [-0.15, -0.1) is 10.2 Å². The highest BCUT2D eigenvalue weighted by molar-refractivity contribution is 6.16. The van der Waals surface area contributed by atoms with E-state index in [1.807, 2.05) is 0 Å². The molecule has 0 fully saturated rings. The van der Waals surface area contributed by atoms with Crippen LogP contribution in [0.1, 0.15) is 22.3 Å². The number of amides is 1. The van der Waals surface area contributed by atoms with Gasteiger partial charge in [-0.3, -0.25) is 4.79 Å². The second-order valence-electron chi connectivity index (χ2n) is 6.08. The van der Waals surface area contributed by atoms with Crippen LogP contribution in [0.5, 0.6) is 0 Å². The molecule has 1 aliphatic rings. The predicted molar refractivity (Wildman–Crippen MR) is 95.6 cm³/mol. The number of carbonyl (C=O) groups is 1. The number of fused-ring (bicyclic) bond motifs is 1. The van der Waals surface area contributed by atoms with E-state index in [4.69, 9.17) is 0 Å². The average molecular weight is 386 g/mol. The van der Waals surface area contributed by atoms with E-state index in [1.165, 1.54) is 17.1 Å². The molecule has 0 unspecified atom stereocenters. The molecule has 142 valence electrons. The van der Waals surface area contributed by atoms with Crippen LogP contribution in [-0.2, 0) is 6.54 Å². The van der Waals surface area contributed by atoms with Crippen LogP contribution in [0.4, 0.5) is 24.7 Å². The number of hydrogen-bond acceptors (Lipinski definition) is 5. The molecule has 3 heterocycles. The summed E-state index contributed by atoms with van der Waals surface area (Å²) < 4.78 is 38.8. The average Bonchev–Trinajstić information content (AvgIpc) is 3.27. The Morgan fingerprint density at radius 3 is 2.75 bits per heavy atom. The second kappa shape index (κ2) is 6.87. The highest BCUT2D eigenvalue weighted by atomic mass is 19.4. The third-order valence-corrected chi connectivity index (χ3v) is 4.12. The van der Waals surface area contributed by atoms with Gasteiger partial charge in [0.1, 0.15) is 17.8 Å². The Balaban J connectivity index is 1.60. The highest BCUT2D eigenvalue weighted by Gasteiger charge is 2.27. The highest BCUT2D eigenvalue weighted by Crippen LogP contribution is 2.27. The molecule has 0 atom stereocenters. The number of alkyl halides is 3. The van der Waals surface area contributed by atoms with Gasteiger partial charge in [0.25, 0.3) is 5.91 Å². The molecule has 10 heteroatoms. The van der Waals surface area contributed by atoms with Crippen LogP contribution in [0.2, 0.25) is 0 Å². The fourth-order valence-corrected chi connectivity index (χ4v) is 2.84. The summed E-state index contributed by atoms with van der Waals surface area (Å²) in [6.45, 7) is -0.302. The molecule has 1 amide bonds. The Hall–Kier alpha value is -3.56. The Kier molecular flexibility index (Phi) is 4.38. The third kappa shape index (κ3) is 3.61. The number of aliphatic imine (C=N–C) groups is 1. The molecule has 0 saturated heterocycles. The normalized spacial score (nSPS) is 13.0. The predicted octanol–water partition coefficient (Wildman–Crippen LogP) is 3.61. The van der Waals surface area contributed by atoms with E-state index in [2.05, 4.69) is 25.5 Å². The largest absolute Gasteiger partial charge is 0.390 e. The Morgan fingerprint density at radius 2 is 1.93 bits per heavy atom. The monoisotopic (exact) mass is 386 g/mol. The van der Waals surface area contributed by atoms with Crippen LogP contribution in [-0.4, -0.2) is 38.0 Å². The first-order valence-corrected chi connectivity index (χ1v) is 8.31. The Labute approximate surface area is 157 Å². The zero-order valence-corrected chi connectivity index (χ0v) is 14.3. The van der Waals surface area contributed by atoms with Gasteiger partial charge in [-0.25, -0.2) is 9.98 Å². The van der Waals surface area contributed by atoms with Gasteiger partial charge in [0.15, 0.2) is 5.82 Å². The minimum atomic E-state index is -4.28. The lowest BCUT2D eigenvalue weighted by Gasteiger charge is -2.11. The summed E-state index contributed by atoms with van der Waals surface area (Å²) in [4.78, 5) is 20.1. The number of aryl methyl sites for hydroxylation is 1. The van der Waals surface area contributed by atoms with Crippen molar-refractivity contribution in [1.29, 1.82) is 0 Å². The summed E-state index contributed by atoms with van der Waals surface area (Å²) in [6, 6.07) is 10.3. The molecular weight excluding hydrogens is 373 g/mol. The molecule has 0 saturated carbocycles. The second-order valence-corrected chi connectivity index (χ2v) is 6.08. The van der Waals surface area contributed by atoms with Crippen molar-refractivity contribution in [2.75, 3.05) is 5.32 Å². The molecule has 1 aromatic carbocycles. The molecule has 3 aromatic rings. The fraction of sp³-hybridized carbons (Fsp3) is 0.167. The number of hydrogen-bond donors (Lipinski definition) is 1. The molecular formula is C18H13F3N6O. The fourth-order valence-electron chi connectivity index (χ4n) is 2.84. The quantitative estimate of drug-likeness (QED) is 0.724. The minimum absolute atomic E-state index is 0.227. The number of rotatable bonds is 5. The maximum absolute atomic E-state index is 12.5. The number of pyridine rings is 1. The number of halogens is 3. The van der Waals surface area contributed by atoms with Crippen LogP contribution < -0.4 is 5.32 Å². The first-order valence-electron chi connectivity index (χ1n) is 8.31. The summed E-state index contributed by atoms with van der Waals surface area (Å²) in [5, 5.41) is 10.6. The van der Waals surface area contributed by atoms with E-state index in [9.17, 15) is 18.0 Å². The van der Waals surface area contributed by atoms with Crippen LogP contribution in [0.3, 0.4) is 0 Å². The molecule has 1 aliphatic heterocycles. The Bertz CT molecular complexity index is 1070. The SMILES string of the molecule is O=C1N=Cc2cccc(Nc3cccc(-c4nncn4CCC(F)(F)F)n3)c21. The van der Waals surface area contributed by atoms with Gasteiger partial charge in [-0.2, -0.15) is 13.2 Å². The maximum atomic E-state index is 12.5. The van der Waals surface area contributed by atoms with Gasteiger partial charge in [0, 0.05) is 18.3 Å². The number of benzene rings is 1. The van der Waals surface area contributed by atoms with Gasteiger partial charge in [-0.1, -0.05) is 18.2 Å². The van der Waals surface area contributed by atoms with Crippen LogP contribution in [0, 0.1) is 0 Å². The number of anilines is 2. The molecule has 7 nitrogen and oxygen atoms in total. The molecule has 4 rings (SSSR count). The number of nitrogens with zero attached hydrogens (tertiary/aromatic N) is 5. The number of carbonyl (C=O) groups excluding carboxylic acids is 1. The topological polar surface area (TPSA) is 85.1 Å². The number of nitrogens with one attached hydrogen (secondary N) is 1. The van der Waals surface area contributed by atoms with Crippen molar-refractivity contribution < 1.29 is 18.0 Å². The van der Waals surface area contributed by atoms with Crippen molar-refractivity contribution in [2.24, 2.45) is 4.99 Å². The van der Waals surface area contributed by atoms with Crippen LogP contribution in [0.25, 0.3) is 11.5 Å². The lowest BCUT2D eigenvalue weighted by molar-refractivity contribution is -0.136. The molecule has 0 aliphatic carbocycles. The van der Waals surface area contributed by atoms with E-state index < -0.39 is 12.6 Å². The van der Waals surface area contributed by atoms with Gasteiger partial charge in [0.05, 0.1) is 17.7 Å². The van der Waals surface area contributed by atoms with Crippen molar-refractivity contribution in [3.8, 4) is 11.5 Å². The molecule has 2 aromatic heterocycles. The van der Waals surface area contributed by atoms with Crippen molar-refractivity contribution in [3.63, 3.8) is 0 Å². The maximum Gasteiger partial charge on any atom is 0.390 e. The molecule has 1 N–H and O–H groups in total. The Morgan fingerprint density at radius 1 is 1.11 bits per heavy atom. The van der Waals surface area contributed by atoms with Crippen molar-refractivity contribution >= 4 is 23.6 Å². The van der Waals surface area contributed by atoms with E-state index in [1.54, 1.807) is 36.4 Å². The number of aromatic nitrogens is 4. The summed E-state index contributed by atoms with van der Waals surface area (Å²) in [5.41, 5.74) is 2.06. The standard InChI is InChI=1S/C18H13F3N6O/c19-18(20,21)7-8-27-10-23-26-16(27)13-5-2-6-14(25-13)24-12-4-1-3-11-9-22-17(28)15(11)12/h1-6,9-10H,7-8H2,(H,24,25). The summed E-state index contributed by atoms with van der Waals surface area (Å²) in [7, 11) is 0. The minimum Gasteiger partial charge on any atom is -0.340 e. The van der Waals surface area contributed by atoms with Gasteiger partial charge in [-0.05, 0) is 18.2 Å². The van der Waals surface area contributed by atoms with Crippen molar-refractivity contribution in [1.82, 2.24) is 19.7 Å². The molecule has 0 spiro atoms. The molecule has 28 heavy (non-hydrogen) atoms. The first-order chi connectivity index (χ1) is 13.4. The van der Waals surface area contributed by atoms with Crippen molar-refractivity contribution in [2.45, 2.75) is 19.1 Å². The summed E-state index contributed by atoms with van der Waals surface area (Å²) >= 11 is 0. The summed E-state index contributed by atoms with van der Waals surface area (Å²) in [6.07, 6.45) is -2.53. The third-order valence-electron chi connectivity index (χ3n) is 4.12. The van der Waals surface area contributed by atoms with Gasteiger partial charge in [0.2, 0.25) is 0 Å². The zero-order chi connectivity index (χ0) is 19.7. The lowest BCUT2D eigenvalue weighted by Crippen LogP contribution is -2.12. The molecule has 0 radical (unpaired) electrons. The molecule has 0 bridgehead atoms. The lowest BCUT2D eigenvalue weighted by atomic mass is 10.1. The van der Waals surface area contributed by atoms with Gasteiger partial charge >= 0.3 is 6.18 Å². The smallest absolute Gasteiger partial charge is 0.340 e. The van der Waals surface area contributed by atoms with E-state index in [0.717, 1.165) is 0 Å². The first kappa shape index (κ1) is 17.8.